The van der Waals surface area contributed by atoms with Gasteiger partial charge in [-0.1, -0.05) is 35.3 Å². The molecular formula is C14H10Cl2N2S. The van der Waals surface area contributed by atoms with Crippen LogP contribution in [0.4, 0.5) is 0 Å². The van der Waals surface area contributed by atoms with Gasteiger partial charge in [0, 0.05) is 21.7 Å². The van der Waals surface area contributed by atoms with Gasteiger partial charge in [-0.3, -0.25) is 0 Å². The van der Waals surface area contributed by atoms with Crippen LogP contribution in [0.3, 0.4) is 0 Å². The molecule has 3 aromatic rings. The predicted octanol–water partition coefficient (Wildman–Crippen LogP) is 4.90. The van der Waals surface area contributed by atoms with E-state index in [0.29, 0.717) is 11.6 Å². The number of aromatic nitrogens is 2. The van der Waals surface area contributed by atoms with Crippen molar-refractivity contribution in [1.29, 1.82) is 0 Å². The highest BCUT2D eigenvalue weighted by molar-refractivity contribution is 7.18. The summed E-state index contributed by atoms with van der Waals surface area (Å²) < 4.78 is 0. The Balaban J connectivity index is 2.01. The quantitative estimate of drug-likeness (QED) is 0.629. The van der Waals surface area contributed by atoms with E-state index in [1.807, 2.05) is 37.3 Å². The van der Waals surface area contributed by atoms with Gasteiger partial charge in [0.05, 0.1) is 0 Å². The second-order valence-electron chi connectivity index (χ2n) is 4.31. The van der Waals surface area contributed by atoms with Crippen molar-refractivity contribution in [3.8, 4) is 0 Å². The SMILES string of the molecule is Cc1cc2c(Cl)nc(Cc3cccc(Cl)c3)nc2s1. The van der Waals surface area contributed by atoms with Crippen molar-refractivity contribution in [3.63, 3.8) is 0 Å². The molecule has 2 heterocycles. The summed E-state index contributed by atoms with van der Waals surface area (Å²) in [6, 6.07) is 9.72. The minimum atomic E-state index is 0.520. The first-order valence-corrected chi connectivity index (χ1v) is 7.36. The second kappa shape index (κ2) is 5.08. The minimum Gasteiger partial charge on any atom is -0.222 e. The van der Waals surface area contributed by atoms with Crippen LogP contribution in [0.1, 0.15) is 16.3 Å². The molecule has 0 saturated carbocycles. The summed E-state index contributed by atoms with van der Waals surface area (Å²) in [6.07, 6.45) is 0.632. The van der Waals surface area contributed by atoms with Crippen LogP contribution < -0.4 is 0 Å². The monoisotopic (exact) mass is 308 g/mol. The zero-order valence-electron chi connectivity index (χ0n) is 10.2. The van der Waals surface area contributed by atoms with Gasteiger partial charge in [0.1, 0.15) is 15.8 Å². The third-order valence-corrected chi connectivity index (χ3v) is 4.23. The Morgan fingerprint density at radius 2 is 2.00 bits per heavy atom. The van der Waals surface area contributed by atoms with Crippen LogP contribution in [0, 0.1) is 6.92 Å². The van der Waals surface area contributed by atoms with Gasteiger partial charge in [-0.15, -0.1) is 11.3 Å². The van der Waals surface area contributed by atoms with E-state index < -0.39 is 0 Å². The normalized spacial score (nSPS) is 11.1. The highest BCUT2D eigenvalue weighted by Crippen LogP contribution is 2.28. The van der Waals surface area contributed by atoms with Gasteiger partial charge in [0.25, 0.3) is 0 Å². The topological polar surface area (TPSA) is 25.8 Å². The molecule has 0 fully saturated rings. The average molecular weight is 309 g/mol. The van der Waals surface area contributed by atoms with Crippen molar-refractivity contribution in [3.05, 3.63) is 56.8 Å². The standard InChI is InChI=1S/C14H10Cl2N2S/c1-8-5-11-13(16)17-12(18-14(11)19-8)7-9-3-2-4-10(15)6-9/h2-6H,7H2,1H3. The third-order valence-electron chi connectivity index (χ3n) is 2.77. The third kappa shape index (κ3) is 2.73. The van der Waals surface area contributed by atoms with E-state index in [1.165, 1.54) is 4.88 Å². The minimum absolute atomic E-state index is 0.520. The zero-order chi connectivity index (χ0) is 13.4. The molecule has 96 valence electrons. The Hall–Kier alpha value is -1.16. The Labute approximate surface area is 125 Å². The van der Waals surface area contributed by atoms with E-state index in [4.69, 9.17) is 23.2 Å². The number of hydrogen-bond acceptors (Lipinski definition) is 3. The van der Waals surface area contributed by atoms with Gasteiger partial charge in [-0.05, 0) is 30.7 Å². The van der Waals surface area contributed by atoms with Crippen LogP contribution in [0.25, 0.3) is 10.2 Å². The molecule has 0 radical (unpaired) electrons. The van der Waals surface area contributed by atoms with Crippen LogP contribution in [-0.4, -0.2) is 9.97 Å². The number of hydrogen-bond donors (Lipinski definition) is 0. The van der Waals surface area contributed by atoms with E-state index in [2.05, 4.69) is 9.97 Å². The first-order chi connectivity index (χ1) is 9.11. The van der Waals surface area contributed by atoms with Crippen molar-refractivity contribution >= 4 is 44.8 Å². The van der Waals surface area contributed by atoms with Gasteiger partial charge in [0.2, 0.25) is 0 Å². The summed E-state index contributed by atoms with van der Waals surface area (Å²) in [5.74, 6) is 0.724. The maximum Gasteiger partial charge on any atom is 0.141 e. The molecule has 0 spiro atoms. The molecule has 0 unspecified atom stereocenters. The summed E-state index contributed by atoms with van der Waals surface area (Å²) >= 11 is 13.8. The van der Waals surface area contributed by atoms with Gasteiger partial charge in [-0.25, -0.2) is 9.97 Å². The largest absolute Gasteiger partial charge is 0.222 e. The lowest BCUT2D eigenvalue weighted by Crippen LogP contribution is -1.96. The maximum atomic E-state index is 6.20. The molecule has 2 nitrogen and oxygen atoms in total. The number of nitrogens with zero attached hydrogens (tertiary/aromatic N) is 2. The fourth-order valence-electron chi connectivity index (χ4n) is 1.96. The first-order valence-electron chi connectivity index (χ1n) is 5.79. The van der Waals surface area contributed by atoms with Crippen LogP contribution >= 0.6 is 34.5 Å². The van der Waals surface area contributed by atoms with Gasteiger partial charge in [0.15, 0.2) is 0 Å². The predicted molar refractivity (Wildman–Crippen MR) is 81.4 cm³/mol. The molecule has 0 aliphatic rings. The highest BCUT2D eigenvalue weighted by atomic mass is 35.5. The van der Waals surface area contributed by atoms with Crippen molar-refractivity contribution in [2.75, 3.05) is 0 Å². The number of benzene rings is 1. The molecule has 0 saturated heterocycles. The van der Waals surface area contributed by atoms with Crippen LogP contribution in [0.2, 0.25) is 10.2 Å². The summed E-state index contributed by atoms with van der Waals surface area (Å²) in [7, 11) is 0. The highest BCUT2D eigenvalue weighted by Gasteiger charge is 2.09. The second-order valence-corrected chi connectivity index (χ2v) is 6.34. The molecule has 2 aromatic heterocycles. The fourth-order valence-corrected chi connectivity index (χ4v) is 3.37. The molecule has 19 heavy (non-hydrogen) atoms. The zero-order valence-corrected chi connectivity index (χ0v) is 12.5. The van der Waals surface area contributed by atoms with E-state index in [-0.39, 0.29) is 0 Å². The molecule has 0 amide bonds. The molecule has 0 atom stereocenters. The lowest BCUT2D eigenvalue weighted by atomic mass is 10.1. The van der Waals surface area contributed by atoms with Gasteiger partial charge in [-0.2, -0.15) is 0 Å². The van der Waals surface area contributed by atoms with Crippen molar-refractivity contribution in [2.24, 2.45) is 0 Å². The Morgan fingerprint density at radius 3 is 2.79 bits per heavy atom. The van der Waals surface area contributed by atoms with Crippen molar-refractivity contribution in [1.82, 2.24) is 9.97 Å². The molecule has 3 rings (SSSR count). The van der Waals surface area contributed by atoms with Crippen LogP contribution in [0.15, 0.2) is 30.3 Å². The molecule has 0 bridgehead atoms. The lowest BCUT2D eigenvalue weighted by molar-refractivity contribution is 0.997. The molecular weight excluding hydrogens is 299 g/mol. The van der Waals surface area contributed by atoms with Crippen molar-refractivity contribution in [2.45, 2.75) is 13.3 Å². The molecule has 0 N–H and O–H groups in total. The van der Waals surface area contributed by atoms with Gasteiger partial charge >= 0.3 is 0 Å². The van der Waals surface area contributed by atoms with Crippen LogP contribution in [-0.2, 0) is 6.42 Å². The Kier molecular flexibility index (Phi) is 3.44. The maximum absolute atomic E-state index is 6.20. The summed E-state index contributed by atoms with van der Waals surface area (Å²) in [5.41, 5.74) is 1.08. The Morgan fingerprint density at radius 1 is 1.16 bits per heavy atom. The summed E-state index contributed by atoms with van der Waals surface area (Å²) in [4.78, 5) is 11.0. The van der Waals surface area contributed by atoms with E-state index in [1.54, 1.807) is 11.3 Å². The first kappa shape index (κ1) is 12.9. The number of aryl methyl sites for hydroxylation is 1. The molecule has 5 heteroatoms. The average Bonchev–Trinajstić information content (AvgIpc) is 2.70. The van der Waals surface area contributed by atoms with E-state index in [0.717, 1.165) is 26.6 Å². The molecule has 0 aliphatic heterocycles. The smallest absolute Gasteiger partial charge is 0.141 e. The number of thiophene rings is 1. The van der Waals surface area contributed by atoms with E-state index in [9.17, 15) is 0 Å². The number of fused-ring (bicyclic) bond motifs is 1. The summed E-state index contributed by atoms with van der Waals surface area (Å²) in [5, 5.41) is 2.17. The summed E-state index contributed by atoms with van der Waals surface area (Å²) in [6.45, 7) is 2.04. The fraction of sp³-hybridized carbons (Fsp3) is 0.143. The lowest BCUT2D eigenvalue weighted by Gasteiger charge is -2.02. The molecule has 0 aliphatic carbocycles. The van der Waals surface area contributed by atoms with Crippen LogP contribution in [0.5, 0.6) is 0 Å². The van der Waals surface area contributed by atoms with E-state index >= 15 is 0 Å². The van der Waals surface area contributed by atoms with Gasteiger partial charge < -0.3 is 0 Å². The van der Waals surface area contributed by atoms with Crippen molar-refractivity contribution < 1.29 is 0 Å². The number of rotatable bonds is 2. The Bertz CT molecular complexity index is 752. The number of halogens is 2. The molecule has 1 aromatic carbocycles.